The van der Waals surface area contributed by atoms with Crippen LogP contribution in [0.2, 0.25) is 0 Å². The Balaban J connectivity index is 2.18. The van der Waals surface area contributed by atoms with Gasteiger partial charge >= 0.3 is 0 Å². The Kier molecular flexibility index (Phi) is 3.13. The molecule has 0 amide bonds. The van der Waals surface area contributed by atoms with Gasteiger partial charge in [-0.15, -0.1) is 11.3 Å². The van der Waals surface area contributed by atoms with Crippen LogP contribution in [0.5, 0.6) is 0 Å². The maximum absolute atomic E-state index is 11.8. The highest BCUT2D eigenvalue weighted by molar-refractivity contribution is 7.13. The third-order valence-electron chi connectivity index (χ3n) is 3.80. The van der Waals surface area contributed by atoms with Crippen molar-refractivity contribution in [3.8, 4) is 16.3 Å². The van der Waals surface area contributed by atoms with E-state index in [1.165, 1.54) is 0 Å². The van der Waals surface area contributed by atoms with Crippen molar-refractivity contribution in [2.45, 2.75) is 0 Å². The van der Waals surface area contributed by atoms with Gasteiger partial charge in [0.25, 0.3) is 0 Å². The van der Waals surface area contributed by atoms with Crippen molar-refractivity contribution in [1.82, 2.24) is 4.57 Å². The lowest BCUT2D eigenvalue weighted by molar-refractivity contribution is 0.112. The van der Waals surface area contributed by atoms with Crippen LogP contribution in [0, 0.1) is 0 Å². The zero-order valence-electron chi connectivity index (χ0n) is 11.8. The highest BCUT2D eigenvalue weighted by atomic mass is 32.1. The van der Waals surface area contributed by atoms with Gasteiger partial charge in [-0.1, -0.05) is 42.5 Å². The number of carbonyl (C=O) groups is 1. The molecule has 2 nitrogen and oxygen atoms in total. The molecule has 0 saturated carbocycles. The van der Waals surface area contributed by atoms with Crippen molar-refractivity contribution in [3.63, 3.8) is 0 Å². The number of aromatic nitrogens is 1. The van der Waals surface area contributed by atoms with Crippen molar-refractivity contribution in [2.75, 3.05) is 0 Å². The lowest BCUT2D eigenvalue weighted by atomic mass is 10.1. The summed E-state index contributed by atoms with van der Waals surface area (Å²) in [5.74, 6) is 0. The quantitative estimate of drug-likeness (QED) is 0.478. The van der Waals surface area contributed by atoms with E-state index in [0.29, 0.717) is 0 Å². The molecule has 0 N–H and O–H groups in total. The van der Waals surface area contributed by atoms with Crippen LogP contribution in [-0.4, -0.2) is 10.9 Å². The summed E-state index contributed by atoms with van der Waals surface area (Å²) >= 11 is 1.65. The van der Waals surface area contributed by atoms with Crippen molar-refractivity contribution in [3.05, 3.63) is 77.7 Å². The average molecular weight is 303 g/mol. The lowest BCUT2D eigenvalue weighted by Gasteiger charge is -2.10. The average Bonchev–Trinajstić information content (AvgIpc) is 3.21. The van der Waals surface area contributed by atoms with Crippen LogP contribution in [-0.2, 0) is 0 Å². The van der Waals surface area contributed by atoms with Crippen LogP contribution < -0.4 is 0 Å². The molecule has 3 heteroatoms. The molecule has 0 spiro atoms. The Morgan fingerprint density at radius 3 is 2.36 bits per heavy atom. The van der Waals surface area contributed by atoms with Crippen molar-refractivity contribution >= 4 is 28.5 Å². The molecule has 0 aliphatic heterocycles. The van der Waals surface area contributed by atoms with Gasteiger partial charge in [0, 0.05) is 16.6 Å². The minimum Gasteiger partial charge on any atom is -0.308 e. The number of hydrogen-bond acceptors (Lipinski definition) is 2. The summed E-state index contributed by atoms with van der Waals surface area (Å²) < 4.78 is 2.17. The molecule has 0 fully saturated rings. The molecule has 0 aliphatic rings. The van der Waals surface area contributed by atoms with E-state index in [-0.39, 0.29) is 0 Å². The zero-order valence-corrected chi connectivity index (χ0v) is 12.6. The molecule has 0 aliphatic carbocycles. The largest absolute Gasteiger partial charge is 0.308 e. The van der Waals surface area contributed by atoms with Gasteiger partial charge in [-0.25, -0.2) is 0 Å². The number of carbonyl (C=O) groups excluding carboxylic acids is 1. The number of rotatable bonds is 3. The van der Waals surface area contributed by atoms with Crippen LogP contribution in [0.1, 0.15) is 10.4 Å². The molecular formula is C19H13NOS. The molecule has 2 aromatic carbocycles. The summed E-state index contributed by atoms with van der Waals surface area (Å²) in [7, 11) is 0. The second-order valence-electron chi connectivity index (χ2n) is 5.05. The van der Waals surface area contributed by atoms with E-state index in [1.807, 2.05) is 47.8 Å². The molecule has 0 bridgehead atoms. The second-order valence-corrected chi connectivity index (χ2v) is 5.99. The van der Waals surface area contributed by atoms with Gasteiger partial charge in [0.15, 0.2) is 6.29 Å². The highest BCUT2D eigenvalue weighted by Crippen LogP contribution is 2.37. The maximum atomic E-state index is 11.8. The first kappa shape index (κ1) is 13.0. The number of aldehydes is 1. The number of nitrogens with zero attached hydrogens (tertiary/aromatic N) is 1. The zero-order chi connectivity index (χ0) is 14.9. The Morgan fingerprint density at radius 1 is 0.864 bits per heavy atom. The van der Waals surface area contributed by atoms with E-state index < -0.39 is 0 Å². The number of para-hydroxylation sites is 2. The second kappa shape index (κ2) is 5.28. The van der Waals surface area contributed by atoms with E-state index >= 15 is 0 Å². The molecule has 0 saturated heterocycles. The third kappa shape index (κ3) is 1.90. The number of thiophene rings is 1. The number of hydrogen-bond donors (Lipinski definition) is 0. The van der Waals surface area contributed by atoms with E-state index in [1.54, 1.807) is 11.3 Å². The minimum atomic E-state index is 0.752. The highest BCUT2D eigenvalue weighted by Gasteiger charge is 2.19. The Morgan fingerprint density at radius 2 is 1.64 bits per heavy atom. The summed E-state index contributed by atoms with van der Waals surface area (Å²) in [6.45, 7) is 0. The lowest BCUT2D eigenvalue weighted by Crippen LogP contribution is -1.96. The smallest absolute Gasteiger partial charge is 0.152 e. The molecule has 2 heterocycles. The van der Waals surface area contributed by atoms with Crippen LogP contribution >= 0.6 is 11.3 Å². The molecule has 0 unspecified atom stereocenters. The molecule has 0 radical (unpaired) electrons. The number of benzene rings is 2. The first-order valence-corrected chi connectivity index (χ1v) is 7.96. The van der Waals surface area contributed by atoms with Gasteiger partial charge in [-0.05, 0) is 29.6 Å². The van der Waals surface area contributed by atoms with E-state index in [4.69, 9.17) is 0 Å². The third-order valence-corrected chi connectivity index (χ3v) is 4.68. The van der Waals surface area contributed by atoms with Crippen molar-refractivity contribution < 1.29 is 4.79 Å². The van der Waals surface area contributed by atoms with Crippen molar-refractivity contribution in [2.24, 2.45) is 0 Å². The summed E-state index contributed by atoms with van der Waals surface area (Å²) in [4.78, 5) is 12.9. The first-order valence-electron chi connectivity index (χ1n) is 7.08. The monoisotopic (exact) mass is 303 g/mol. The SMILES string of the molecule is O=Cc1c(-c2cccs2)n(-c2ccccc2)c2ccccc12. The predicted octanol–water partition coefficient (Wildman–Crippen LogP) is 5.17. The standard InChI is InChI=1S/C19H13NOS/c21-13-16-15-9-4-5-10-17(15)20(14-7-2-1-3-8-14)19(16)18-11-6-12-22-18/h1-13H. The summed E-state index contributed by atoms with van der Waals surface area (Å²) in [6.07, 6.45) is 0.969. The van der Waals surface area contributed by atoms with Gasteiger partial charge < -0.3 is 4.57 Å². The van der Waals surface area contributed by atoms with Gasteiger partial charge in [0.05, 0.1) is 16.1 Å². The number of fused-ring (bicyclic) bond motifs is 1. The molecular weight excluding hydrogens is 290 g/mol. The molecule has 4 rings (SSSR count). The fourth-order valence-corrected chi connectivity index (χ4v) is 3.66. The molecule has 2 aromatic heterocycles. The van der Waals surface area contributed by atoms with E-state index in [2.05, 4.69) is 28.8 Å². The molecule has 22 heavy (non-hydrogen) atoms. The summed E-state index contributed by atoms with van der Waals surface area (Å²) in [5, 5.41) is 3.03. The van der Waals surface area contributed by atoms with Gasteiger partial charge in [-0.3, -0.25) is 4.79 Å². The van der Waals surface area contributed by atoms with E-state index in [0.717, 1.165) is 39.0 Å². The minimum absolute atomic E-state index is 0.752. The van der Waals surface area contributed by atoms with Crippen LogP contribution in [0.15, 0.2) is 72.1 Å². The van der Waals surface area contributed by atoms with Crippen LogP contribution in [0.4, 0.5) is 0 Å². The Hall–Kier alpha value is -2.65. The van der Waals surface area contributed by atoms with Crippen molar-refractivity contribution in [1.29, 1.82) is 0 Å². The normalized spacial score (nSPS) is 10.9. The van der Waals surface area contributed by atoms with Gasteiger partial charge in [0.1, 0.15) is 0 Å². The van der Waals surface area contributed by atoms with Crippen LogP contribution in [0.3, 0.4) is 0 Å². The topological polar surface area (TPSA) is 22.0 Å². The summed E-state index contributed by atoms with van der Waals surface area (Å²) in [5.41, 5.74) is 3.84. The van der Waals surface area contributed by atoms with Crippen LogP contribution in [0.25, 0.3) is 27.2 Å². The predicted molar refractivity (Wildman–Crippen MR) is 92.0 cm³/mol. The van der Waals surface area contributed by atoms with Gasteiger partial charge in [0.2, 0.25) is 0 Å². The summed E-state index contributed by atoms with van der Waals surface area (Å²) in [6, 6.07) is 22.3. The molecule has 106 valence electrons. The molecule has 4 aromatic rings. The van der Waals surface area contributed by atoms with E-state index in [9.17, 15) is 4.79 Å². The first-order chi connectivity index (χ1) is 10.9. The molecule has 0 atom stereocenters. The van der Waals surface area contributed by atoms with Gasteiger partial charge in [-0.2, -0.15) is 0 Å². The Bertz CT molecular complexity index is 936. The fourth-order valence-electron chi connectivity index (χ4n) is 2.89. The maximum Gasteiger partial charge on any atom is 0.152 e. The Labute approximate surface area is 132 Å². The fraction of sp³-hybridized carbons (Fsp3) is 0.